The average molecular weight is 264 g/mol. The fourth-order valence-electron chi connectivity index (χ4n) is 3.29. The van der Waals surface area contributed by atoms with Crippen molar-refractivity contribution in [3.63, 3.8) is 0 Å². The zero-order valence-corrected chi connectivity index (χ0v) is 12.1. The molecule has 0 radical (unpaired) electrons. The van der Waals surface area contributed by atoms with Crippen molar-refractivity contribution in [3.8, 4) is 0 Å². The van der Waals surface area contributed by atoms with Crippen LogP contribution in [0.25, 0.3) is 0 Å². The maximum atomic E-state index is 13.5. The van der Waals surface area contributed by atoms with Gasteiger partial charge in [-0.05, 0) is 42.9 Å². The number of hydrogen-bond acceptors (Lipinski definition) is 2. The molecule has 1 aliphatic rings. The Morgan fingerprint density at radius 3 is 2.68 bits per heavy atom. The third kappa shape index (κ3) is 3.53. The number of hydrogen-bond donors (Lipinski definition) is 1. The smallest absolute Gasteiger partial charge is 0.141 e. The van der Waals surface area contributed by atoms with Gasteiger partial charge in [0.05, 0.1) is 6.20 Å². The second-order valence-corrected chi connectivity index (χ2v) is 6.04. The van der Waals surface area contributed by atoms with Gasteiger partial charge in [-0.3, -0.25) is 4.98 Å². The summed E-state index contributed by atoms with van der Waals surface area (Å²) in [5, 5.41) is 3.62. The normalized spacial score (nSPS) is 20.2. The molecule has 1 heterocycles. The van der Waals surface area contributed by atoms with Gasteiger partial charge in [0.25, 0.3) is 0 Å². The van der Waals surface area contributed by atoms with Crippen LogP contribution in [-0.4, -0.2) is 11.5 Å². The summed E-state index contributed by atoms with van der Waals surface area (Å²) in [5.41, 5.74) is 1.22. The Labute approximate surface area is 115 Å². The van der Waals surface area contributed by atoms with Crippen LogP contribution in [0.2, 0.25) is 0 Å². The molecule has 2 rings (SSSR count). The predicted octanol–water partition coefficient (Wildman–Crippen LogP) is 4.23. The minimum absolute atomic E-state index is 0.218. The van der Waals surface area contributed by atoms with E-state index < -0.39 is 0 Å². The van der Waals surface area contributed by atoms with Crippen molar-refractivity contribution < 1.29 is 4.39 Å². The second kappa shape index (κ2) is 6.47. The third-order valence-electron chi connectivity index (χ3n) is 4.35. The summed E-state index contributed by atoms with van der Waals surface area (Å²) in [6.07, 6.45) is 10.5. The molecule has 0 bridgehead atoms. The van der Waals surface area contributed by atoms with Gasteiger partial charge < -0.3 is 5.32 Å². The van der Waals surface area contributed by atoms with E-state index >= 15 is 0 Å². The van der Waals surface area contributed by atoms with Gasteiger partial charge in [0.2, 0.25) is 0 Å². The lowest BCUT2D eigenvalue weighted by atomic mass is 9.69. The molecule has 19 heavy (non-hydrogen) atoms. The fourth-order valence-corrected chi connectivity index (χ4v) is 3.29. The highest BCUT2D eigenvalue weighted by atomic mass is 19.1. The SMILES string of the molecule is CCCNC(c1cncc(F)c1)C1(C)CCCCC1. The molecule has 3 heteroatoms. The number of nitrogens with one attached hydrogen (secondary N) is 1. The molecule has 1 aliphatic carbocycles. The molecule has 2 nitrogen and oxygen atoms in total. The number of rotatable bonds is 5. The van der Waals surface area contributed by atoms with Gasteiger partial charge in [-0.1, -0.05) is 33.1 Å². The number of halogens is 1. The third-order valence-corrected chi connectivity index (χ3v) is 4.35. The Kier molecular flexibility index (Phi) is 4.92. The molecule has 1 saturated carbocycles. The van der Waals surface area contributed by atoms with Crippen molar-refractivity contribution in [2.75, 3.05) is 6.54 Å². The fraction of sp³-hybridized carbons (Fsp3) is 0.688. The van der Waals surface area contributed by atoms with Gasteiger partial charge in [-0.15, -0.1) is 0 Å². The summed E-state index contributed by atoms with van der Waals surface area (Å²) in [6, 6.07) is 1.86. The number of pyridine rings is 1. The van der Waals surface area contributed by atoms with Crippen molar-refractivity contribution >= 4 is 0 Å². The summed E-state index contributed by atoms with van der Waals surface area (Å²) in [6.45, 7) is 5.47. The van der Waals surface area contributed by atoms with Crippen molar-refractivity contribution in [3.05, 3.63) is 29.8 Å². The van der Waals surface area contributed by atoms with Crippen molar-refractivity contribution in [2.24, 2.45) is 5.41 Å². The zero-order chi connectivity index (χ0) is 13.7. The van der Waals surface area contributed by atoms with Crippen molar-refractivity contribution in [1.29, 1.82) is 0 Å². The van der Waals surface area contributed by atoms with E-state index in [1.165, 1.54) is 38.3 Å². The molecule has 1 aromatic rings. The van der Waals surface area contributed by atoms with Gasteiger partial charge in [0.15, 0.2) is 0 Å². The van der Waals surface area contributed by atoms with Crippen LogP contribution in [0.3, 0.4) is 0 Å². The molecule has 1 N–H and O–H groups in total. The lowest BCUT2D eigenvalue weighted by Crippen LogP contribution is -2.38. The van der Waals surface area contributed by atoms with E-state index in [9.17, 15) is 4.39 Å². The van der Waals surface area contributed by atoms with Gasteiger partial charge in [0.1, 0.15) is 5.82 Å². The van der Waals surface area contributed by atoms with Gasteiger partial charge in [-0.2, -0.15) is 0 Å². The van der Waals surface area contributed by atoms with Gasteiger partial charge in [-0.25, -0.2) is 4.39 Å². The summed E-state index contributed by atoms with van der Waals surface area (Å²) < 4.78 is 13.5. The second-order valence-electron chi connectivity index (χ2n) is 6.04. The molecule has 1 atom stereocenters. The van der Waals surface area contributed by atoms with Gasteiger partial charge >= 0.3 is 0 Å². The average Bonchev–Trinajstić information content (AvgIpc) is 2.40. The van der Waals surface area contributed by atoms with Crippen LogP contribution < -0.4 is 5.32 Å². The Morgan fingerprint density at radius 2 is 2.05 bits per heavy atom. The molecule has 1 aromatic heterocycles. The Morgan fingerprint density at radius 1 is 1.32 bits per heavy atom. The standard InChI is InChI=1S/C16H25FN2/c1-3-9-19-15(13-10-14(17)12-18-11-13)16(2)7-5-4-6-8-16/h10-12,15,19H,3-9H2,1-2H3. The molecule has 0 aromatic carbocycles. The summed E-state index contributed by atoms with van der Waals surface area (Å²) in [5.74, 6) is -0.236. The lowest BCUT2D eigenvalue weighted by molar-refractivity contribution is 0.144. The highest BCUT2D eigenvalue weighted by molar-refractivity contribution is 5.18. The summed E-state index contributed by atoms with van der Waals surface area (Å²) >= 11 is 0. The highest BCUT2D eigenvalue weighted by Gasteiger charge is 2.36. The molecule has 0 saturated heterocycles. The first-order chi connectivity index (χ1) is 9.15. The number of aromatic nitrogens is 1. The van der Waals surface area contributed by atoms with E-state index in [1.807, 2.05) is 6.20 Å². The van der Waals surface area contributed by atoms with Gasteiger partial charge in [0, 0.05) is 12.2 Å². The van der Waals surface area contributed by atoms with Crippen LogP contribution in [-0.2, 0) is 0 Å². The molecule has 1 unspecified atom stereocenters. The topological polar surface area (TPSA) is 24.9 Å². The van der Waals surface area contributed by atoms with Crippen molar-refractivity contribution in [2.45, 2.75) is 58.4 Å². The molecule has 0 spiro atoms. The largest absolute Gasteiger partial charge is 0.309 e. The van der Waals surface area contributed by atoms with E-state index in [0.717, 1.165) is 18.5 Å². The first-order valence-electron chi connectivity index (χ1n) is 7.49. The maximum absolute atomic E-state index is 13.5. The first-order valence-corrected chi connectivity index (χ1v) is 7.49. The minimum atomic E-state index is -0.236. The Balaban J connectivity index is 2.24. The Hall–Kier alpha value is -0.960. The van der Waals surface area contributed by atoms with E-state index in [0.29, 0.717) is 0 Å². The monoisotopic (exact) mass is 264 g/mol. The molecular weight excluding hydrogens is 239 g/mol. The molecule has 1 fully saturated rings. The maximum Gasteiger partial charge on any atom is 0.141 e. The minimum Gasteiger partial charge on any atom is -0.309 e. The Bertz CT molecular complexity index is 399. The van der Waals surface area contributed by atoms with Crippen LogP contribution in [0.5, 0.6) is 0 Å². The van der Waals surface area contributed by atoms with Crippen molar-refractivity contribution in [1.82, 2.24) is 10.3 Å². The van der Waals surface area contributed by atoms with Crippen LogP contribution >= 0.6 is 0 Å². The van der Waals surface area contributed by atoms with Crippen LogP contribution in [0.15, 0.2) is 18.5 Å². The van der Waals surface area contributed by atoms with E-state index in [1.54, 1.807) is 6.07 Å². The van der Waals surface area contributed by atoms with E-state index in [4.69, 9.17) is 0 Å². The van der Waals surface area contributed by atoms with Crippen LogP contribution in [0, 0.1) is 11.2 Å². The first kappa shape index (κ1) is 14.4. The molecule has 0 aliphatic heterocycles. The summed E-state index contributed by atoms with van der Waals surface area (Å²) in [7, 11) is 0. The van der Waals surface area contributed by atoms with Crippen LogP contribution in [0.1, 0.15) is 64.0 Å². The van der Waals surface area contributed by atoms with E-state index in [2.05, 4.69) is 24.1 Å². The zero-order valence-electron chi connectivity index (χ0n) is 12.1. The highest BCUT2D eigenvalue weighted by Crippen LogP contribution is 2.45. The van der Waals surface area contributed by atoms with Crippen LogP contribution in [0.4, 0.5) is 4.39 Å². The summed E-state index contributed by atoms with van der Waals surface area (Å²) in [4.78, 5) is 4.02. The number of nitrogens with zero attached hydrogens (tertiary/aromatic N) is 1. The molecule has 0 amide bonds. The van der Waals surface area contributed by atoms with E-state index in [-0.39, 0.29) is 17.3 Å². The molecular formula is C16H25FN2. The molecule has 106 valence electrons. The lowest BCUT2D eigenvalue weighted by Gasteiger charge is -2.41. The predicted molar refractivity (Wildman–Crippen MR) is 76.4 cm³/mol. The quantitative estimate of drug-likeness (QED) is 0.860.